The molecular formula is C37H50FN3O2. The van der Waals surface area contributed by atoms with Crippen LogP contribution >= 0.6 is 0 Å². The molecule has 5 rings (SSSR count). The van der Waals surface area contributed by atoms with Crippen LogP contribution in [0.4, 0.5) is 15.9 Å². The van der Waals surface area contributed by atoms with E-state index in [-0.39, 0.29) is 12.1 Å². The zero-order valence-corrected chi connectivity index (χ0v) is 26.7. The van der Waals surface area contributed by atoms with Crippen molar-refractivity contribution in [3.63, 3.8) is 0 Å². The van der Waals surface area contributed by atoms with Gasteiger partial charge in [0, 0.05) is 17.3 Å². The van der Waals surface area contributed by atoms with Crippen LogP contribution in [0.25, 0.3) is 0 Å². The lowest BCUT2D eigenvalue weighted by Crippen LogP contribution is -2.28. The van der Waals surface area contributed by atoms with Crippen molar-refractivity contribution in [3.05, 3.63) is 94.8 Å². The molecule has 2 atom stereocenters. The summed E-state index contributed by atoms with van der Waals surface area (Å²) < 4.78 is 20.5. The zero-order chi connectivity index (χ0) is 31.0. The van der Waals surface area contributed by atoms with Crippen LogP contribution in [0.15, 0.2) is 72.3 Å². The Labute approximate surface area is 257 Å². The van der Waals surface area contributed by atoms with E-state index in [1.54, 1.807) is 12.5 Å². The van der Waals surface area contributed by atoms with Gasteiger partial charge in [-0.05, 0) is 139 Å². The number of nitrogens with two attached hydrogens (primary N) is 1. The summed E-state index contributed by atoms with van der Waals surface area (Å²) in [5.74, 6) is 1.47. The fourth-order valence-corrected chi connectivity index (χ4v) is 5.27. The fourth-order valence-electron chi connectivity index (χ4n) is 5.27. The first-order valence-corrected chi connectivity index (χ1v) is 16.0. The van der Waals surface area contributed by atoms with Crippen molar-refractivity contribution in [2.24, 2.45) is 0 Å². The molecule has 0 amide bonds. The molecule has 43 heavy (non-hydrogen) atoms. The lowest BCUT2D eigenvalue weighted by atomic mass is 9.91. The molecule has 1 heterocycles. The molecule has 2 saturated carbocycles. The second-order valence-electron chi connectivity index (χ2n) is 12.7. The van der Waals surface area contributed by atoms with Crippen LogP contribution in [-0.4, -0.2) is 22.2 Å². The Hall–Kier alpha value is -3.38. The standard InChI is InChI=1S/C19H24N2O.C18H26FNO/c1-4-13-7-12-17(14-5-6-14)21-18(13)19(2,3)22-16-10-8-15(20)9-11-16;1-14(6-7-15(2)21)20(19)18-12-10-17(11-13-18)9-8-16-4-3-5-16/h7-12,14H,4-6,20H2,1-3H3;8,10-15,21H,3-7,9H2,1-2H3. The number of hydrogen-bond acceptors (Lipinski definition) is 5. The van der Waals surface area contributed by atoms with E-state index in [1.165, 1.54) is 48.9 Å². The van der Waals surface area contributed by atoms with Crippen molar-refractivity contribution in [1.82, 2.24) is 4.98 Å². The summed E-state index contributed by atoms with van der Waals surface area (Å²) in [6.45, 7) is 9.91. The number of benzene rings is 2. The third kappa shape index (κ3) is 9.56. The van der Waals surface area contributed by atoms with Gasteiger partial charge in [-0.15, -0.1) is 0 Å². The molecule has 3 aromatic rings. The van der Waals surface area contributed by atoms with Gasteiger partial charge in [0.1, 0.15) is 11.4 Å². The average Bonchev–Trinajstić information content (AvgIpc) is 3.82. The molecule has 2 aliphatic rings. The van der Waals surface area contributed by atoms with E-state index in [2.05, 4.69) is 39.0 Å². The third-order valence-electron chi connectivity index (χ3n) is 8.39. The Morgan fingerprint density at radius 1 is 1.02 bits per heavy atom. The highest BCUT2D eigenvalue weighted by molar-refractivity contribution is 5.46. The molecule has 2 unspecified atom stereocenters. The summed E-state index contributed by atoms with van der Waals surface area (Å²) in [7, 11) is 0. The number of anilines is 2. The molecule has 0 spiro atoms. The first kappa shape index (κ1) is 32.5. The molecule has 0 bridgehead atoms. The van der Waals surface area contributed by atoms with Crippen LogP contribution < -0.4 is 15.6 Å². The SMILES string of the molecule is CC(O)CCC(C)N(F)c1ccc(CC=C2CCC2)cc1.CCc1ccc(C2CC2)nc1C(C)(C)Oc1ccc(N)cc1. The number of aliphatic hydroxyl groups excluding tert-OH is 1. The molecule has 0 aliphatic heterocycles. The Morgan fingerprint density at radius 2 is 1.70 bits per heavy atom. The summed E-state index contributed by atoms with van der Waals surface area (Å²) in [6, 6.07) is 19.4. The molecule has 3 N–H and O–H groups in total. The summed E-state index contributed by atoms with van der Waals surface area (Å²) >= 11 is 0. The van der Waals surface area contributed by atoms with E-state index in [0.29, 0.717) is 24.4 Å². The van der Waals surface area contributed by atoms with Gasteiger partial charge in [-0.1, -0.05) is 41.3 Å². The molecule has 232 valence electrons. The predicted molar refractivity (Wildman–Crippen MR) is 176 cm³/mol. The summed E-state index contributed by atoms with van der Waals surface area (Å²) in [5.41, 5.74) is 12.9. The number of nitrogens with zero attached hydrogens (tertiary/aromatic N) is 2. The van der Waals surface area contributed by atoms with Crippen molar-refractivity contribution in [2.75, 3.05) is 10.9 Å². The molecule has 2 fully saturated rings. The number of allylic oxidation sites excluding steroid dienone is 2. The van der Waals surface area contributed by atoms with Gasteiger partial charge in [0.2, 0.25) is 0 Å². The van der Waals surface area contributed by atoms with Gasteiger partial charge in [0.05, 0.1) is 23.5 Å². The van der Waals surface area contributed by atoms with Gasteiger partial charge >= 0.3 is 0 Å². The summed E-state index contributed by atoms with van der Waals surface area (Å²) in [5, 5.41) is 10.1. The van der Waals surface area contributed by atoms with Crippen molar-refractivity contribution in [2.45, 2.75) is 116 Å². The molecular weight excluding hydrogens is 537 g/mol. The zero-order valence-electron chi connectivity index (χ0n) is 26.7. The average molecular weight is 588 g/mol. The number of hydrogen-bond donors (Lipinski definition) is 2. The molecule has 0 radical (unpaired) electrons. The van der Waals surface area contributed by atoms with Crippen molar-refractivity contribution < 1.29 is 14.3 Å². The van der Waals surface area contributed by atoms with Crippen LogP contribution in [0.5, 0.6) is 5.75 Å². The molecule has 5 nitrogen and oxygen atoms in total. The topological polar surface area (TPSA) is 71.6 Å². The minimum Gasteiger partial charge on any atom is -0.482 e. The van der Waals surface area contributed by atoms with Gasteiger partial charge in [-0.2, -0.15) is 0 Å². The maximum Gasteiger partial charge on any atom is 0.145 e. The van der Waals surface area contributed by atoms with E-state index in [1.807, 2.05) is 55.5 Å². The van der Waals surface area contributed by atoms with Gasteiger partial charge in [0.15, 0.2) is 0 Å². The molecule has 2 aliphatic carbocycles. The van der Waals surface area contributed by atoms with Crippen LogP contribution in [-0.2, 0) is 18.4 Å². The number of rotatable bonds is 12. The van der Waals surface area contributed by atoms with E-state index in [4.69, 9.17) is 15.5 Å². The maximum atomic E-state index is 14.2. The highest BCUT2D eigenvalue weighted by atomic mass is 19.2. The van der Waals surface area contributed by atoms with E-state index in [0.717, 1.165) is 35.1 Å². The third-order valence-corrected chi connectivity index (χ3v) is 8.39. The number of aliphatic hydroxyl groups is 1. The second kappa shape index (κ2) is 14.9. The largest absolute Gasteiger partial charge is 0.482 e. The Bertz CT molecular complexity index is 1320. The van der Waals surface area contributed by atoms with Crippen LogP contribution in [0.2, 0.25) is 0 Å². The highest BCUT2D eigenvalue weighted by Crippen LogP contribution is 2.40. The van der Waals surface area contributed by atoms with Gasteiger partial charge in [0.25, 0.3) is 0 Å². The maximum absolute atomic E-state index is 14.2. The number of aryl methyl sites for hydroxylation is 1. The van der Waals surface area contributed by atoms with Crippen LogP contribution in [0.1, 0.15) is 108 Å². The fraction of sp³-hybridized carbons (Fsp3) is 0.486. The monoisotopic (exact) mass is 587 g/mol. The van der Waals surface area contributed by atoms with Crippen molar-refractivity contribution >= 4 is 11.4 Å². The first-order chi connectivity index (χ1) is 20.6. The minimum atomic E-state index is -0.466. The van der Waals surface area contributed by atoms with E-state index < -0.39 is 5.60 Å². The number of aromatic nitrogens is 1. The van der Waals surface area contributed by atoms with Crippen molar-refractivity contribution in [1.29, 1.82) is 0 Å². The number of nitrogen functional groups attached to an aromatic ring is 1. The Morgan fingerprint density at radius 3 is 2.26 bits per heavy atom. The lowest BCUT2D eigenvalue weighted by molar-refractivity contribution is 0.102. The van der Waals surface area contributed by atoms with Gasteiger partial charge in [-0.3, -0.25) is 4.98 Å². The van der Waals surface area contributed by atoms with Gasteiger partial charge in [-0.25, -0.2) is 5.12 Å². The number of halogens is 1. The summed E-state index contributed by atoms with van der Waals surface area (Å²) in [6.07, 6.45) is 11.4. The van der Waals surface area contributed by atoms with Crippen LogP contribution in [0.3, 0.4) is 0 Å². The smallest absolute Gasteiger partial charge is 0.145 e. The number of pyridine rings is 1. The van der Waals surface area contributed by atoms with E-state index >= 15 is 0 Å². The predicted octanol–water partition coefficient (Wildman–Crippen LogP) is 9.00. The van der Waals surface area contributed by atoms with Crippen LogP contribution in [0, 0.1) is 0 Å². The number of ether oxygens (including phenoxy) is 1. The molecule has 2 aromatic carbocycles. The second-order valence-corrected chi connectivity index (χ2v) is 12.7. The van der Waals surface area contributed by atoms with Crippen molar-refractivity contribution in [3.8, 4) is 5.75 Å². The normalized spacial score (nSPS) is 15.9. The van der Waals surface area contributed by atoms with Gasteiger partial charge < -0.3 is 15.6 Å². The minimum absolute atomic E-state index is 0.220. The molecule has 1 aromatic heterocycles. The lowest BCUT2D eigenvalue weighted by Gasteiger charge is -2.28. The molecule has 0 saturated heterocycles. The first-order valence-electron chi connectivity index (χ1n) is 16.0. The quantitative estimate of drug-likeness (QED) is 0.126. The van der Waals surface area contributed by atoms with E-state index in [9.17, 15) is 9.59 Å². The Kier molecular flexibility index (Phi) is 11.3. The molecule has 6 heteroatoms. The summed E-state index contributed by atoms with van der Waals surface area (Å²) in [4.78, 5) is 4.94. The Balaban J connectivity index is 0.000000197. The highest BCUT2D eigenvalue weighted by Gasteiger charge is 2.31.